The molecule has 0 atom stereocenters. The summed E-state index contributed by atoms with van der Waals surface area (Å²) in [4.78, 5) is 19.3. The van der Waals surface area contributed by atoms with Gasteiger partial charge in [0, 0.05) is 30.5 Å². The van der Waals surface area contributed by atoms with Gasteiger partial charge in [0.05, 0.1) is 6.61 Å². The minimum Gasteiger partial charge on any atom is -0.493 e. The SMILES string of the molecule is CC(C)c1noc(C2CCN(C(=O)c3ccc4c(c3)CCCO4)CC2)n1. The van der Waals surface area contributed by atoms with Gasteiger partial charge in [0.1, 0.15) is 5.75 Å². The number of likely N-dealkylation sites (tertiary alicyclic amines) is 1. The monoisotopic (exact) mass is 355 g/mol. The second-order valence-corrected chi connectivity index (χ2v) is 7.49. The lowest BCUT2D eigenvalue weighted by molar-refractivity contribution is 0.0704. The number of nitrogens with zero attached hydrogens (tertiary/aromatic N) is 3. The quantitative estimate of drug-likeness (QED) is 0.842. The molecule has 2 aromatic rings. The fourth-order valence-electron chi connectivity index (χ4n) is 3.65. The molecule has 26 heavy (non-hydrogen) atoms. The number of benzene rings is 1. The standard InChI is InChI=1S/C20H25N3O3/c1-13(2)18-21-19(26-22-18)14-7-9-23(10-8-14)20(24)16-5-6-17-15(12-16)4-3-11-25-17/h5-6,12-14H,3-4,7-11H2,1-2H3. The summed E-state index contributed by atoms with van der Waals surface area (Å²) in [6.07, 6.45) is 3.71. The molecule has 1 fully saturated rings. The molecule has 1 saturated heterocycles. The number of rotatable bonds is 3. The third kappa shape index (κ3) is 3.32. The average Bonchev–Trinajstić information content (AvgIpc) is 3.18. The number of carbonyl (C=O) groups excluding carboxylic acids is 1. The maximum absolute atomic E-state index is 12.9. The largest absolute Gasteiger partial charge is 0.493 e. The highest BCUT2D eigenvalue weighted by molar-refractivity contribution is 5.94. The van der Waals surface area contributed by atoms with E-state index in [1.54, 1.807) is 0 Å². The van der Waals surface area contributed by atoms with Gasteiger partial charge in [-0.3, -0.25) is 4.79 Å². The first-order valence-electron chi connectivity index (χ1n) is 9.50. The number of aromatic nitrogens is 2. The molecule has 0 N–H and O–H groups in total. The molecule has 1 aromatic carbocycles. The molecular formula is C20H25N3O3. The number of aryl methyl sites for hydroxylation is 1. The molecule has 3 heterocycles. The van der Waals surface area contributed by atoms with Crippen LogP contribution in [-0.2, 0) is 6.42 Å². The van der Waals surface area contributed by atoms with E-state index in [9.17, 15) is 4.79 Å². The lowest BCUT2D eigenvalue weighted by atomic mass is 9.95. The Morgan fingerprint density at radius 3 is 2.81 bits per heavy atom. The summed E-state index contributed by atoms with van der Waals surface area (Å²) in [6.45, 7) is 6.31. The van der Waals surface area contributed by atoms with E-state index in [2.05, 4.69) is 24.0 Å². The molecule has 0 unspecified atom stereocenters. The highest BCUT2D eigenvalue weighted by atomic mass is 16.5. The maximum Gasteiger partial charge on any atom is 0.253 e. The summed E-state index contributed by atoms with van der Waals surface area (Å²) in [5.41, 5.74) is 1.90. The zero-order valence-corrected chi connectivity index (χ0v) is 15.4. The van der Waals surface area contributed by atoms with Crippen LogP contribution in [0.3, 0.4) is 0 Å². The second-order valence-electron chi connectivity index (χ2n) is 7.49. The lowest BCUT2D eigenvalue weighted by Gasteiger charge is -2.30. The summed E-state index contributed by atoms with van der Waals surface area (Å²) in [5.74, 6) is 3.01. The van der Waals surface area contributed by atoms with Crippen LogP contribution in [0.4, 0.5) is 0 Å². The van der Waals surface area contributed by atoms with Crippen molar-refractivity contribution in [3.63, 3.8) is 0 Å². The van der Waals surface area contributed by atoms with Crippen LogP contribution in [0.15, 0.2) is 22.7 Å². The second kappa shape index (κ2) is 7.09. The highest BCUT2D eigenvalue weighted by Gasteiger charge is 2.28. The molecule has 6 heteroatoms. The zero-order valence-electron chi connectivity index (χ0n) is 15.4. The molecule has 0 aliphatic carbocycles. The minimum absolute atomic E-state index is 0.102. The van der Waals surface area contributed by atoms with E-state index in [0.29, 0.717) is 5.89 Å². The molecular weight excluding hydrogens is 330 g/mol. The molecule has 2 aliphatic rings. The predicted molar refractivity (Wildman–Crippen MR) is 96.5 cm³/mol. The summed E-state index contributed by atoms with van der Waals surface area (Å²) in [7, 11) is 0. The van der Waals surface area contributed by atoms with Crippen molar-refractivity contribution in [2.24, 2.45) is 0 Å². The first kappa shape index (κ1) is 17.1. The van der Waals surface area contributed by atoms with Crippen molar-refractivity contribution in [1.82, 2.24) is 15.0 Å². The Morgan fingerprint density at radius 1 is 1.27 bits per heavy atom. The molecule has 0 spiro atoms. The Balaban J connectivity index is 1.40. The molecule has 6 nitrogen and oxygen atoms in total. The smallest absolute Gasteiger partial charge is 0.253 e. The number of carbonyl (C=O) groups is 1. The Kier molecular flexibility index (Phi) is 4.66. The maximum atomic E-state index is 12.9. The van der Waals surface area contributed by atoms with Gasteiger partial charge in [-0.2, -0.15) is 4.98 Å². The third-order valence-corrected chi connectivity index (χ3v) is 5.26. The first-order chi connectivity index (χ1) is 12.6. The van der Waals surface area contributed by atoms with Crippen LogP contribution in [0.25, 0.3) is 0 Å². The van der Waals surface area contributed by atoms with E-state index in [1.807, 2.05) is 23.1 Å². The normalized spacial score (nSPS) is 17.9. The molecule has 0 bridgehead atoms. The fraction of sp³-hybridized carbons (Fsp3) is 0.550. The van der Waals surface area contributed by atoms with Gasteiger partial charge in [0.25, 0.3) is 5.91 Å². The molecule has 0 radical (unpaired) electrons. The average molecular weight is 355 g/mol. The lowest BCUT2D eigenvalue weighted by Crippen LogP contribution is -2.38. The summed E-state index contributed by atoms with van der Waals surface area (Å²) in [6, 6.07) is 5.81. The van der Waals surface area contributed by atoms with Gasteiger partial charge in [-0.25, -0.2) is 0 Å². The Hall–Kier alpha value is -2.37. The fourth-order valence-corrected chi connectivity index (χ4v) is 3.65. The van der Waals surface area contributed by atoms with Crippen molar-refractivity contribution in [3.05, 3.63) is 41.0 Å². The number of amides is 1. The van der Waals surface area contributed by atoms with Gasteiger partial charge in [-0.05, 0) is 49.4 Å². The molecule has 1 amide bonds. The topological polar surface area (TPSA) is 68.5 Å². The Morgan fingerprint density at radius 2 is 2.08 bits per heavy atom. The highest BCUT2D eigenvalue weighted by Crippen LogP contribution is 2.30. The summed E-state index contributed by atoms with van der Waals surface area (Å²) >= 11 is 0. The van der Waals surface area contributed by atoms with Crippen LogP contribution in [0.1, 0.15) is 72.6 Å². The number of piperidine rings is 1. The van der Waals surface area contributed by atoms with Gasteiger partial charge in [-0.1, -0.05) is 19.0 Å². The number of hydrogen-bond acceptors (Lipinski definition) is 5. The van der Waals surface area contributed by atoms with Crippen molar-refractivity contribution in [1.29, 1.82) is 0 Å². The van der Waals surface area contributed by atoms with Crippen LogP contribution in [0.2, 0.25) is 0 Å². The van der Waals surface area contributed by atoms with E-state index >= 15 is 0 Å². The summed E-state index contributed by atoms with van der Waals surface area (Å²) in [5, 5.41) is 4.06. The van der Waals surface area contributed by atoms with E-state index in [4.69, 9.17) is 9.26 Å². The molecule has 4 rings (SSSR count). The molecule has 0 saturated carbocycles. The Bertz CT molecular complexity index is 791. The van der Waals surface area contributed by atoms with Crippen molar-refractivity contribution in [2.45, 2.75) is 51.4 Å². The van der Waals surface area contributed by atoms with Crippen molar-refractivity contribution in [2.75, 3.05) is 19.7 Å². The van der Waals surface area contributed by atoms with Crippen molar-refractivity contribution < 1.29 is 14.1 Å². The summed E-state index contributed by atoms with van der Waals surface area (Å²) < 4.78 is 11.1. The number of hydrogen-bond donors (Lipinski definition) is 0. The van der Waals surface area contributed by atoms with Gasteiger partial charge in [-0.15, -0.1) is 0 Å². The van der Waals surface area contributed by atoms with Crippen molar-refractivity contribution >= 4 is 5.91 Å². The third-order valence-electron chi connectivity index (χ3n) is 5.26. The van der Waals surface area contributed by atoms with E-state index in [1.165, 1.54) is 0 Å². The molecule has 138 valence electrons. The van der Waals surface area contributed by atoms with E-state index in [-0.39, 0.29) is 17.7 Å². The van der Waals surface area contributed by atoms with Crippen molar-refractivity contribution in [3.8, 4) is 5.75 Å². The Labute approximate surface area is 153 Å². The molecule has 2 aliphatic heterocycles. The molecule has 1 aromatic heterocycles. The number of ether oxygens (including phenoxy) is 1. The van der Waals surface area contributed by atoms with E-state index < -0.39 is 0 Å². The van der Waals surface area contributed by atoms with Gasteiger partial charge >= 0.3 is 0 Å². The predicted octanol–water partition coefficient (Wildman–Crippen LogP) is 3.54. The van der Waals surface area contributed by atoms with Gasteiger partial charge in [0.2, 0.25) is 5.89 Å². The van der Waals surface area contributed by atoms with Crippen LogP contribution in [0.5, 0.6) is 5.75 Å². The minimum atomic E-state index is 0.102. The van der Waals surface area contributed by atoms with Crippen LogP contribution >= 0.6 is 0 Å². The van der Waals surface area contributed by atoms with Crippen LogP contribution < -0.4 is 4.74 Å². The van der Waals surface area contributed by atoms with Gasteiger partial charge < -0.3 is 14.2 Å². The number of fused-ring (bicyclic) bond motifs is 1. The van der Waals surface area contributed by atoms with Crippen LogP contribution in [0, 0.1) is 0 Å². The first-order valence-corrected chi connectivity index (χ1v) is 9.50. The zero-order chi connectivity index (χ0) is 18.1. The van der Waals surface area contributed by atoms with E-state index in [0.717, 1.165) is 68.1 Å². The van der Waals surface area contributed by atoms with Gasteiger partial charge in [0.15, 0.2) is 5.82 Å². The van der Waals surface area contributed by atoms with Crippen LogP contribution in [-0.4, -0.2) is 40.6 Å².